The number of allylic oxidation sites excluding steroid dienone is 1. The molecular weight excluding hydrogens is 219 g/mol. The van der Waals surface area contributed by atoms with Gasteiger partial charge < -0.3 is 0 Å². The first-order valence-electron chi connectivity index (χ1n) is 5.44. The fourth-order valence-electron chi connectivity index (χ4n) is 1.70. The average Bonchev–Trinajstić information content (AvgIpc) is 2.37. The summed E-state index contributed by atoms with van der Waals surface area (Å²) in [6.07, 6.45) is 4.16. The third-order valence-electron chi connectivity index (χ3n) is 2.51. The molecule has 0 amide bonds. The summed E-state index contributed by atoms with van der Waals surface area (Å²) in [4.78, 5) is 14.2. The molecule has 0 saturated carbocycles. The predicted octanol–water partition coefficient (Wildman–Crippen LogP) is 2.03. The van der Waals surface area contributed by atoms with Crippen LogP contribution >= 0.6 is 0 Å². The molecule has 1 aromatic carbocycles. The number of carbonyl (C=O) groups excluding carboxylic acids is 1. The zero-order chi connectivity index (χ0) is 12.7. The minimum Gasteiger partial charge on any atom is -0.255 e. The number of halogens is 1. The molecule has 3 heteroatoms. The number of carbonyl (C=O) groups is 1. The molecule has 0 bridgehead atoms. The minimum atomic E-state index is -0.866. The molecule has 90 valence electrons. The van der Waals surface area contributed by atoms with E-state index in [2.05, 4.69) is 11.5 Å². The lowest BCUT2D eigenvalue weighted by Crippen LogP contribution is -2.27. The van der Waals surface area contributed by atoms with Crippen LogP contribution < -0.4 is 10.4 Å². The van der Waals surface area contributed by atoms with E-state index in [1.165, 1.54) is 0 Å². The summed E-state index contributed by atoms with van der Waals surface area (Å²) >= 11 is 0. The molecule has 0 aliphatic heterocycles. The van der Waals surface area contributed by atoms with Crippen LogP contribution in [-0.2, 0) is 9.74 Å². The Morgan fingerprint density at radius 3 is 2.76 bits per heavy atom. The zero-order valence-corrected chi connectivity index (χ0v) is 9.78. The Balaban J connectivity index is 3.38. The molecule has 0 unspecified atom stereocenters. The lowest BCUT2D eigenvalue weighted by atomic mass is 10.0. The molecule has 2 nitrogen and oxygen atoms in total. The topological polar surface area (TPSA) is 26.3 Å². The van der Waals surface area contributed by atoms with Crippen molar-refractivity contribution in [3.63, 3.8) is 0 Å². The highest BCUT2D eigenvalue weighted by Crippen LogP contribution is 2.06. The SMILES string of the molecule is C=C/C=c1/cccc/c1=C(/CC)CC(=O)OF. The third kappa shape index (κ3) is 3.55. The van der Waals surface area contributed by atoms with E-state index >= 15 is 0 Å². The second kappa shape index (κ2) is 6.63. The monoisotopic (exact) mass is 234 g/mol. The van der Waals surface area contributed by atoms with E-state index in [0.29, 0.717) is 6.42 Å². The Labute approximate surface area is 99.6 Å². The van der Waals surface area contributed by atoms with E-state index in [0.717, 1.165) is 16.0 Å². The maximum atomic E-state index is 11.8. The molecule has 0 aliphatic rings. The first-order chi connectivity index (χ1) is 8.22. The molecular formula is C14H15FO2. The summed E-state index contributed by atoms with van der Waals surface area (Å²) in [5.74, 6) is -0.866. The van der Waals surface area contributed by atoms with E-state index in [4.69, 9.17) is 0 Å². The van der Waals surface area contributed by atoms with Crippen LogP contribution in [0.25, 0.3) is 11.6 Å². The molecule has 17 heavy (non-hydrogen) atoms. The van der Waals surface area contributed by atoms with E-state index in [1.807, 2.05) is 37.3 Å². The van der Waals surface area contributed by atoms with Gasteiger partial charge in [-0.05, 0) is 16.9 Å². The summed E-state index contributed by atoms with van der Waals surface area (Å²) in [7, 11) is 0. The first-order valence-corrected chi connectivity index (χ1v) is 5.44. The van der Waals surface area contributed by atoms with Crippen LogP contribution in [0.1, 0.15) is 19.8 Å². The molecule has 0 aromatic heterocycles. The molecule has 0 fully saturated rings. The van der Waals surface area contributed by atoms with Gasteiger partial charge in [-0.2, -0.15) is 0 Å². The van der Waals surface area contributed by atoms with Crippen LogP contribution in [0.5, 0.6) is 0 Å². The van der Waals surface area contributed by atoms with Gasteiger partial charge in [-0.3, -0.25) is 4.94 Å². The Bertz CT molecular complexity index is 517. The van der Waals surface area contributed by atoms with Gasteiger partial charge in [0.2, 0.25) is 0 Å². The highest BCUT2D eigenvalue weighted by molar-refractivity contribution is 5.79. The maximum absolute atomic E-state index is 11.8. The van der Waals surface area contributed by atoms with E-state index < -0.39 is 5.97 Å². The first kappa shape index (κ1) is 13.2. The Morgan fingerprint density at radius 2 is 2.18 bits per heavy atom. The zero-order valence-electron chi connectivity index (χ0n) is 9.78. The summed E-state index contributed by atoms with van der Waals surface area (Å²) in [6, 6.07) is 7.61. The van der Waals surface area contributed by atoms with Gasteiger partial charge in [-0.1, -0.05) is 55.5 Å². The van der Waals surface area contributed by atoms with Crippen molar-refractivity contribution in [2.24, 2.45) is 0 Å². The van der Waals surface area contributed by atoms with Gasteiger partial charge in [0.15, 0.2) is 0 Å². The Morgan fingerprint density at radius 1 is 1.47 bits per heavy atom. The standard InChI is InChI=1S/C14H15FO2/c1-3-7-12-8-5-6-9-13(12)11(4-2)10-14(16)17-15/h3,5-9H,1,4,10H2,2H3/b12-7-,13-11+. The van der Waals surface area contributed by atoms with Gasteiger partial charge in [-0.15, -0.1) is 0 Å². The lowest BCUT2D eigenvalue weighted by Gasteiger charge is -2.02. The van der Waals surface area contributed by atoms with Crippen molar-refractivity contribution in [1.82, 2.24) is 0 Å². The second-order valence-corrected chi connectivity index (χ2v) is 3.57. The van der Waals surface area contributed by atoms with E-state index in [9.17, 15) is 9.32 Å². The van der Waals surface area contributed by atoms with Gasteiger partial charge in [0.1, 0.15) is 0 Å². The summed E-state index contributed by atoms with van der Waals surface area (Å²) in [5.41, 5.74) is 0.848. The molecule has 0 heterocycles. The Kier molecular flexibility index (Phi) is 5.14. The smallest absolute Gasteiger partial charge is 0.255 e. The van der Waals surface area contributed by atoms with Crippen LogP contribution in [0, 0.1) is 0 Å². The molecule has 1 rings (SSSR count). The Hall–Kier alpha value is -1.90. The van der Waals surface area contributed by atoms with Crippen molar-refractivity contribution in [3.05, 3.63) is 47.4 Å². The molecule has 0 radical (unpaired) electrons. The number of rotatable bonds is 4. The maximum Gasteiger partial charge on any atom is 0.352 e. The van der Waals surface area contributed by atoms with Crippen LogP contribution in [0.4, 0.5) is 4.53 Å². The average molecular weight is 234 g/mol. The number of benzene rings is 1. The van der Waals surface area contributed by atoms with E-state index in [1.54, 1.807) is 6.08 Å². The molecule has 0 saturated heterocycles. The normalized spacial score (nSPS) is 13.2. The fraction of sp³-hybridized carbons (Fsp3) is 0.214. The molecule has 0 N–H and O–H groups in total. The van der Waals surface area contributed by atoms with Crippen LogP contribution in [-0.4, -0.2) is 5.97 Å². The van der Waals surface area contributed by atoms with Crippen molar-refractivity contribution >= 4 is 17.6 Å². The third-order valence-corrected chi connectivity index (χ3v) is 2.51. The molecule has 0 spiro atoms. The van der Waals surface area contributed by atoms with Gasteiger partial charge in [0.25, 0.3) is 0 Å². The fourth-order valence-corrected chi connectivity index (χ4v) is 1.70. The van der Waals surface area contributed by atoms with Crippen molar-refractivity contribution in [2.45, 2.75) is 19.8 Å². The highest BCUT2D eigenvalue weighted by atomic mass is 19.3. The van der Waals surface area contributed by atoms with Crippen molar-refractivity contribution in [3.8, 4) is 0 Å². The van der Waals surface area contributed by atoms with Crippen LogP contribution in [0.2, 0.25) is 0 Å². The second-order valence-electron chi connectivity index (χ2n) is 3.57. The largest absolute Gasteiger partial charge is 0.352 e. The highest BCUT2D eigenvalue weighted by Gasteiger charge is 2.07. The number of hydrogen-bond acceptors (Lipinski definition) is 2. The minimum absolute atomic E-state index is 0.0327. The number of hydrogen-bond donors (Lipinski definition) is 0. The van der Waals surface area contributed by atoms with Gasteiger partial charge in [-0.25, -0.2) is 4.79 Å². The summed E-state index contributed by atoms with van der Waals surface area (Å²) in [6.45, 7) is 5.57. The van der Waals surface area contributed by atoms with Crippen molar-refractivity contribution < 1.29 is 14.3 Å². The summed E-state index contributed by atoms with van der Waals surface area (Å²) in [5, 5.41) is 1.89. The van der Waals surface area contributed by atoms with Crippen molar-refractivity contribution in [2.75, 3.05) is 0 Å². The van der Waals surface area contributed by atoms with E-state index in [-0.39, 0.29) is 6.42 Å². The van der Waals surface area contributed by atoms with Crippen LogP contribution in [0.3, 0.4) is 0 Å². The molecule has 0 atom stereocenters. The van der Waals surface area contributed by atoms with Crippen LogP contribution in [0.15, 0.2) is 36.9 Å². The predicted molar refractivity (Wildman–Crippen MR) is 65.9 cm³/mol. The molecule has 0 aliphatic carbocycles. The summed E-state index contributed by atoms with van der Waals surface area (Å²) < 4.78 is 11.8. The lowest BCUT2D eigenvalue weighted by molar-refractivity contribution is -0.182. The van der Waals surface area contributed by atoms with Gasteiger partial charge in [0.05, 0.1) is 6.42 Å². The van der Waals surface area contributed by atoms with Crippen molar-refractivity contribution in [1.29, 1.82) is 0 Å². The van der Waals surface area contributed by atoms with Gasteiger partial charge in [0, 0.05) is 4.53 Å². The van der Waals surface area contributed by atoms with Gasteiger partial charge >= 0.3 is 5.97 Å². The quantitative estimate of drug-likeness (QED) is 0.796. The molecule has 1 aromatic rings.